The quantitative estimate of drug-likeness (QED) is 0.592. The lowest BCUT2D eigenvalue weighted by molar-refractivity contribution is -0.129. The molecule has 3 heteroatoms. The molecular weight excluding hydrogens is 190 g/mol. The zero-order chi connectivity index (χ0) is 11.1. The Morgan fingerprint density at radius 3 is 2.53 bits per heavy atom. The van der Waals surface area contributed by atoms with E-state index in [1.807, 2.05) is 18.2 Å². The molecule has 0 radical (unpaired) electrons. The van der Waals surface area contributed by atoms with Gasteiger partial charge in [-0.05, 0) is 6.42 Å². The largest absolute Gasteiger partial charge is 0.477 e. The van der Waals surface area contributed by atoms with Gasteiger partial charge in [0.15, 0.2) is 0 Å². The predicted octanol–water partition coefficient (Wildman–Crippen LogP) is 2.36. The molecule has 1 aromatic carbocycles. The van der Waals surface area contributed by atoms with E-state index in [4.69, 9.17) is 5.11 Å². The van der Waals surface area contributed by atoms with E-state index < -0.39 is 5.97 Å². The summed E-state index contributed by atoms with van der Waals surface area (Å²) in [7, 11) is 0. The van der Waals surface area contributed by atoms with E-state index in [-0.39, 0.29) is 5.71 Å². The van der Waals surface area contributed by atoms with Gasteiger partial charge in [-0.25, -0.2) is 4.79 Å². The van der Waals surface area contributed by atoms with Crippen LogP contribution in [0.25, 0.3) is 0 Å². The number of benzene rings is 1. The van der Waals surface area contributed by atoms with Crippen molar-refractivity contribution in [2.45, 2.75) is 19.8 Å². The second-order valence-corrected chi connectivity index (χ2v) is 3.26. The van der Waals surface area contributed by atoms with E-state index in [2.05, 4.69) is 11.9 Å². The Balaban J connectivity index is 2.84. The van der Waals surface area contributed by atoms with E-state index in [0.717, 1.165) is 12.8 Å². The highest BCUT2D eigenvalue weighted by molar-refractivity contribution is 6.42. The van der Waals surface area contributed by atoms with Gasteiger partial charge in [-0.2, -0.15) is 0 Å². The van der Waals surface area contributed by atoms with Crippen molar-refractivity contribution in [3.05, 3.63) is 35.9 Å². The lowest BCUT2D eigenvalue weighted by Gasteiger charge is -2.01. The number of hydrogen-bond acceptors (Lipinski definition) is 2. The summed E-state index contributed by atoms with van der Waals surface area (Å²) < 4.78 is 0. The molecular formula is C12H15NO2. The topological polar surface area (TPSA) is 49.7 Å². The third-order valence-corrected chi connectivity index (χ3v) is 2.03. The zero-order valence-electron chi connectivity index (χ0n) is 8.81. The summed E-state index contributed by atoms with van der Waals surface area (Å²) in [5.41, 5.74) is 0.824. The second-order valence-electron chi connectivity index (χ2n) is 3.26. The molecule has 0 saturated heterocycles. The van der Waals surface area contributed by atoms with Crippen LogP contribution in [-0.4, -0.2) is 23.3 Å². The average molecular weight is 205 g/mol. The number of carbonyl (C=O) groups is 1. The fraction of sp³-hybridized carbons (Fsp3) is 0.333. The molecule has 1 N–H and O–H groups in total. The summed E-state index contributed by atoms with van der Waals surface area (Å²) in [5.74, 6) is -0.961. The van der Waals surface area contributed by atoms with E-state index in [1.165, 1.54) is 0 Å². The van der Waals surface area contributed by atoms with Crippen molar-refractivity contribution < 1.29 is 9.90 Å². The summed E-state index contributed by atoms with van der Waals surface area (Å²) in [6, 6.07) is 9.01. The molecule has 0 aliphatic heterocycles. The minimum atomic E-state index is -0.961. The van der Waals surface area contributed by atoms with Gasteiger partial charge >= 0.3 is 5.97 Å². The van der Waals surface area contributed by atoms with Gasteiger partial charge in [0.25, 0.3) is 0 Å². The maximum Gasteiger partial charge on any atom is 0.354 e. The SMILES string of the molecule is CCCCN=C(C(=O)O)c1ccccc1. The van der Waals surface area contributed by atoms with Gasteiger partial charge in [-0.15, -0.1) is 0 Å². The first-order chi connectivity index (χ1) is 7.25. The van der Waals surface area contributed by atoms with Crippen LogP contribution >= 0.6 is 0 Å². The fourth-order valence-corrected chi connectivity index (χ4v) is 1.23. The molecule has 0 aliphatic rings. The molecule has 0 fully saturated rings. The van der Waals surface area contributed by atoms with Crippen LogP contribution in [0.5, 0.6) is 0 Å². The molecule has 0 atom stereocenters. The van der Waals surface area contributed by atoms with Gasteiger partial charge < -0.3 is 5.11 Å². The number of carboxylic acids is 1. The summed E-state index contributed by atoms with van der Waals surface area (Å²) in [5, 5.41) is 9.00. The summed E-state index contributed by atoms with van der Waals surface area (Å²) >= 11 is 0. The standard InChI is InChI=1S/C12H15NO2/c1-2-3-9-13-11(12(14)15)10-7-5-4-6-8-10/h4-8H,2-3,9H2,1H3,(H,14,15). The lowest BCUT2D eigenvalue weighted by atomic mass is 10.1. The van der Waals surface area contributed by atoms with Crippen LogP contribution in [0.3, 0.4) is 0 Å². The van der Waals surface area contributed by atoms with Gasteiger partial charge in [0.2, 0.25) is 0 Å². The molecule has 0 aromatic heterocycles. The first kappa shape index (κ1) is 11.4. The fourth-order valence-electron chi connectivity index (χ4n) is 1.23. The van der Waals surface area contributed by atoms with Crippen molar-refractivity contribution in [1.29, 1.82) is 0 Å². The van der Waals surface area contributed by atoms with Crippen LogP contribution in [0.1, 0.15) is 25.3 Å². The van der Waals surface area contributed by atoms with E-state index >= 15 is 0 Å². The Bertz CT molecular complexity index is 344. The van der Waals surface area contributed by atoms with Crippen molar-refractivity contribution in [2.75, 3.05) is 6.54 Å². The highest BCUT2D eigenvalue weighted by Crippen LogP contribution is 2.02. The zero-order valence-corrected chi connectivity index (χ0v) is 8.81. The summed E-state index contributed by atoms with van der Waals surface area (Å²) in [6.45, 7) is 2.63. The van der Waals surface area contributed by atoms with Crippen molar-refractivity contribution in [1.82, 2.24) is 0 Å². The van der Waals surface area contributed by atoms with Crippen molar-refractivity contribution in [3.63, 3.8) is 0 Å². The molecule has 0 amide bonds. The van der Waals surface area contributed by atoms with Gasteiger partial charge in [0.05, 0.1) is 0 Å². The van der Waals surface area contributed by atoms with Crippen LogP contribution in [0.4, 0.5) is 0 Å². The Morgan fingerprint density at radius 1 is 1.33 bits per heavy atom. The third-order valence-electron chi connectivity index (χ3n) is 2.03. The minimum absolute atomic E-state index is 0.157. The summed E-state index contributed by atoms with van der Waals surface area (Å²) in [4.78, 5) is 15.1. The Labute approximate surface area is 89.5 Å². The molecule has 0 bridgehead atoms. The van der Waals surface area contributed by atoms with Gasteiger partial charge in [0.1, 0.15) is 5.71 Å². The van der Waals surface area contributed by atoms with Crippen molar-refractivity contribution in [3.8, 4) is 0 Å². The second kappa shape index (κ2) is 5.96. The number of aliphatic imine (C=N–C) groups is 1. The van der Waals surface area contributed by atoms with Crippen LogP contribution in [0.15, 0.2) is 35.3 Å². The monoisotopic (exact) mass is 205 g/mol. The predicted molar refractivity (Wildman–Crippen MR) is 60.4 cm³/mol. The van der Waals surface area contributed by atoms with Crippen LogP contribution < -0.4 is 0 Å². The molecule has 0 aliphatic carbocycles. The summed E-state index contributed by atoms with van der Waals surface area (Å²) in [6.07, 6.45) is 1.94. The average Bonchev–Trinajstić information content (AvgIpc) is 2.25. The van der Waals surface area contributed by atoms with Crippen LogP contribution in [0.2, 0.25) is 0 Å². The minimum Gasteiger partial charge on any atom is -0.477 e. The van der Waals surface area contributed by atoms with Crippen molar-refractivity contribution >= 4 is 11.7 Å². The number of carboxylic acid groups (broad SMARTS) is 1. The molecule has 1 rings (SSSR count). The Kier molecular flexibility index (Phi) is 4.54. The first-order valence-corrected chi connectivity index (χ1v) is 5.09. The molecule has 0 heterocycles. The molecule has 80 valence electrons. The lowest BCUT2D eigenvalue weighted by Crippen LogP contribution is -2.15. The van der Waals surface area contributed by atoms with E-state index in [1.54, 1.807) is 12.1 Å². The maximum absolute atomic E-state index is 11.0. The number of aliphatic carboxylic acids is 1. The van der Waals surface area contributed by atoms with Gasteiger partial charge in [0, 0.05) is 12.1 Å². The van der Waals surface area contributed by atoms with E-state index in [9.17, 15) is 4.79 Å². The molecule has 1 aromatic rings. The van der Waals surface area contributed by atoms with Crippen LogP contribution in [-0.2, 0) is 4.79 Å². The highest BCUT2D eigenvalue weighted by atomic mass is 16.4. The molecule has 0 saturated carbocycles. The van der Waals surface area contributed by atoms with E-state index in [0.29, 0.717) is 12.1 Å². The number of hydrogen-bond donors (Lipinski definition) is 1. The molecule has 3 nitrogen and oxygen atoms in total. The number of rotatable bonds is 5. The molecule has 0 unspecified atom stereocenters. The van der Waals surface area contributed by atoms with Gasteiger partial charge in [-0.3, -0.25) is 4.99 Å². The molecule has 15 heavy (non-hydrogen) atoms. The molecule has 0 spiro atoms. The van der Waals surface area contributed by atoms with Crippen molar-refractivity contribution in [2.24, 2.45) is 4.99 Å². The Morgan fingerprint density at radius 2 is 2.00 bits per heavy atom. The third kappa shape index (κ3) is 3.54. The smallest absolute Gasteiger partial charge is 0.354 e. The number of unbranched alkanes of at least 4 members (excludes halogenated alkanes) is 1. The normalized spacial score (nSPS) is 11.4. The highest BCUT2D eigenvalue weighted by Gasteiger charge is 2.10. The Hall–Kier alpha value is -1.64. The maximum atomic E-state index is 11.0. The van der Waals surface area contributed by atoms with Gasteiger partial charge in [-0.1, -0.05) is 43.7 Å². The first-order valence-electron chi connectivity index (χ1n) is 5.09. The number of nitrogens with zero attached hydrogens (tertiary/aromatic N) is 1. The van der Waals surface area contributed by atoms with Crippen LogP contribution in [0, 0.1) is 0 Å².